The number of H-pyrrole nitrogens is 1. The van der Waals surface area contributed by atoms with Crippen molar-refractivity contribution in [3.05, 3.63) is 58.5 Å². The zero-order valence-electron chi connectivity index (χ0n) is 14.3. The van der Waals surface area contributed by atoms with Crippen LogP contribution in [0.5, 0.6) is 0 Å². The third kappa shape index (κ3) is 3.45. The van der Waals surface area contributed by atoms with Gasteiger partial charge in [-0.1, -0.05) is 26.0 Å². The third-order valence-corrected chi connectivity index (χ3v) is 4.16. The Labute approximate surface area is 145 Å². The first kappa shape index (κ1) is 16.9. The Morgan fingerprint density at radius 3 is 2.84 bits per heavy atom. The van der Waals surface area contributed by atoms with Gasteiger partial charge in [-0.25, -0.2) is 9.97 Å². The highest BCUT2D eigenvalue weighted by Gasteiger charge is 2.23. The van der Waals surface area contributed by atoms with Gasteiger partial charge in [-0.05, 0) is 18.6 Å². The Morgan fingerprint density at radius 1 is 1.32 bits per heavy atom. The number of rotatable bonds is 6. The molecular formula is C18H21N5O2. The van der Waals surface area contributed by atoms with E-state index in [9.17, 15) is 9.59 Å². The molecule has 0 saturated carbocycles. The molecular weight excluding hydrogens is 318 g/mol. The molecule has 2 aromatic heterocycles. The van der Waals surface area contributed by atoms with Gasteiger partial charge in [0.1, 0.15) is 11.9 Å². The Kier molecular flexibility index (Phi) is 4.92. The van der Waals surface area contributed by atoms with Gasteiger partial charge >= 0.3 is 0 Å². The van der Waals surface area contributed by atoms with Crippen molar-refractivity contribution >= 4 is 16.9 Å². The maximum Gasteiger partial charge on any atom is 0.250 e. The fourth-order valence-electron chi connectivity index (χ4n) is 2.98. The van der Waals surface area contributed by atoms with Crippen LogP contribution in [-0.4, -0.2) is 25.4 Å². The molecule has 7 nitrogen and oxygen atoms in total. The van der Waals surface area contributed by atoms with E-state index < -0.39 is 0 Å². The predicted octanol–water partition coefficient (Wildman–Crippen LogP) is 1.95. The van der Waals surface area contributed by atoms with Gasteiger partial charge in [-0.15, -0.1) is 0 Å². The molecule has 2 heterocycles. The molecule has 0 aliphatic heterocycles. The van der Waals surface area contributed by atoms with Crippen LogP contribution in [0.4, 0.5) is 0 Å². The zero-order chi connectivity index (χ0) is 17.8. The topological polar surface area (TPSA) is 92.7 Å². The molecule has 3 aromatic rings. The number of aromatic nitrogens is 4. The zero-order valence-corrected chi connectivity index (χ0v) is 14.3. The summed E-state index contributed by atoms with van der Waals surface area (Å²) in [6.45, 7) is 4.22. The number of nitrogens with zero attached hydrogens (tertiary/aromatic N) is 3. The van der Waals surface area contributed by atoms with Crippen molar-refractivity contribution in [3.63, 3.8) is 0 Å². The first-order valence-corrected chi connectivity index (χ1v) is 8.41. The van der Waals surface area contributed by atoms with E-state index in [1.54, 1.807) is 0 Å². The van der Waals surface area contributed by atoms with E-state index in [1.807, 2.05) is 42.7 Å². The first-order valence-electron chi connectivity index (χ1n) is 8.41. The molecule has 0 bridgehead atoms. The molecule has 3 rings (SSSR count). The lowest BCUT2D eigenvalue weighted by Gasteiger charge is -2.19. The van der Waals surface area contributed by atoms with Crippen molar-refractivity contribution in [3.8, 4) is 0 Å². The fraction of sp³-hybridized carbons (Fsp3) is 0.333. The highest BCUT2D eigenvalue weighted by atomic mass is 16.2. The Bertz CT molecular complexity index is 944. The van der Waals surface area contributed by atoms with Crippen molar-refractivity contribution in [2.45, 2.75) is 39.3 Å². The lowest BCUT2D eigenvalue weighted by Crippen LogP contribution is -2.33. The second-order valence-corrected chi connectivity index (χ2v) is 5.78. The highest BCUT2D eigenvalue weighted by Crippen LogP contribution is 2.24. The van der Waals surface area contributed by atoms with Crippen molar-refractivity contribution < 1.29 is 4.79 Å². The summed E-state index contributed by atoms with van der Waals surface area (Å²) in [5, 5.41) is 2.88. The van der Waals surface area contributed by atoms with Crippen LogP contribution in [0.15, 0.2) is 41.5 Å². The highest BCUT2D eigenvalue weighted by molar-refractivity contribution is 5.84. The second-order valence-electron chi connectivity index (χ2n) is 5.78. The second kappa shape index (κ2) is 7.29. The number of imidazole rings is 1. The number of fused-ring (bicyclic) bond motifs is 1. The van der Waals surface area contributed by atoms with E-state index in [1.165, 1.54) is 12.4 Å². The molecule has 0 radical (unpaired) electrons. The summed E-state index contributed by atoms with van der Waals surface area (Å²) in [6, 6.07) is 8.85. The van der Waals surface area contributed by atoms with E-state index in [0.29, 0.717) is 12.1 Å². The van der Waals surface area contributed by atoms with Gasteiger partial charge in [0.15, 0.2) is 0 Å². The van der Waals surface area contributed by atoms with E-state index in [0.717, 1.165) is 23.3 Å². The van der Waals surface area contributed by atoms with Crippen LogP contribution >= 0.6 is 0 Å². The van der Waals surface area contributed by atoms with Crippen LogP contribution in [0.25, 0.3) is 11.0 Å². The monoisotopic (exact) mass is 339 g/mol. The standard InChI is InChI=1S/C18H21N5O2/c1-3-14(18(25)19-10-12-9-17(24)21-11-20-12)23-15-8-6-5-7-13(15)22-16(23)4-2/h5-9,11,14H,3-4,10H2,1-2H3,(H,19,25)(H,20,21,24)/t14-/m1/s1. The van der Waals surface area contributed by atoms with Gasteiger partial charge in [-0.3, -0.25) is 9.59 Å². The SMILES string of the molecule is CCc1nc2ccccc2n1[C@H](CC)C(=O)NCc1cc(=O)[nH]cn1. The molecule has 0 aliphatic carbocycles. The molecule has 0 saturated heterocycles. The maximum absolute atomic E-state index is 12.8. The van der Waals surface area contributed by atoms with Gasteiger partial charge in [-0.2, -0.15) is 0 Å². The number of aromatic amines is 1. The van der Waals surface area contributed by atoms with Crippen LogP contribution in [0.1, 0.15) is 37.8 Å². The molecule has 7 heteroatoms. The smallest absolute Gasteiger partial charge is 0.250 e. The van der Waals surface area contributed by atoms with Crippen LogP contribution in [0.2, 0.25) is 0 Å². The molecule has 0 spiro atoms. The summed E-state index contributed by atoms with van der Waals surface area (Å²) in [5.41, 5.74) is 2.14. The lowest BCUT2D eigenvalue weighted by molar-refractivity contribution is -0.124. The Balaban J connectivity index is 1.87. The molecule has 25 heavy (non-hydrogen) atoms. The quantitative estimate of drug-likeness (QED) is 0.718. The number of carbonyl (C=O) groups excluding carboxylic acids is 1. The number of hydrogen-bond acceptors (Lipinski definition) is 4. The summed E-state index contributed by atoms with van der Waals surface area (Å²) in [6.07, 6.45) is 2.72. The first-order chi connectivity index (χ1) is 12.1. The molecule has 2 N–H and O–H groups in total. The number of carbonyl (C=O) groups is 1. The summed E-state index contributed by atoms with van der Waals surface area (Å²) in [4.78, 5) is 35.2. The minimum absolute atomic E-state index is 0.109. The molecule has 0 unspecified atom stereocenters. The molecule has 0 fully saturated rings. The fourth-order valence-corrected chi connectivity index (χ4v) is 2.98. The van der Waals surface area contributed by atoms with Gasteiger partial charge < -0.3 is 14.9 Å². The van der Waals surface area contributed by atoms with Crippen LogP contribution in [-0.2, 0) is 17.8 Å². The minimum atomic E-state index is -0.357. The van der Waals surface area contributed by atoms with Crippen LogP contribution in [0, 0.1) is 0 Å². The van der Waals surface area contributed by atoms with E-state index in [2.05, 4.69) is 20.3 Å². The van der Waals surface area contributed by atoms with Gasteiger partial charge in [0.2, 0.25) is 5.91 Å². The van der Waals surface area contributed by atoms with Crippen molar-refractivity contribution in [2.75, 3.05) is 0 Å². The molecule has 1 aromatic carbocycles. The van der Waals surface area contributed by atoms with Crippen molar-refractivity contribution in [2.24, 2.45) is 0 Å². The van der Waals surface area contributed by atoms with E-state index in [4.69, 9.17) is 0 Å². The number of hydrogen-bond donors (Lipinski definition) is 2. The molecule has 1 amide bonds. The summed E-state index contributed by atoms with van der Waals surface area (Å²) < 4.78 is 2.01. The molecule has 130 valence electrons. The third-order valence-electron chi connectivity index (χ3n) is 4.16. The van der Waals surface area contributed by atoms with E-state index >= 15 is 0 Å². The number of amides is 1. The van der Waals surface area contributed by atoms with Crippen molar-refractivity contribution in [1.29, 1.82) is 0 Å². The average Bonchev–Trinajstić information content (AvgIpc) is 2.99. The normalized spacial score (nSPS) is 12.2. The Morgan fingerprint density at radius 2 is 2.12 bits per heavy atom. The average molecular weight is 339 g/mol. The van der Waals surface area contributed by atoms with Crippen LogP contribution < -0.4 is 10.9 Å². The number of benzene rings is 1. The molecule has 0 aliphatic rings. The Hall–Kier alpha value is -2.96. The summed E-state index contributed by atoms with van der Waals surface area (Å²) >= 11 is 0. The number of para-hydroxylation sites is 2. The molecule has 1 atom stereocenters. The van der Waals surface area contributed by atoms with Crippen LogP contribution in [0.3, 0.4) is 0 Å². The van der Waals surface area contributed by atoms with Crippen molar-refractivity contribution in [1.82, 2.24) is 24.8 Å². The van der Waals surface area contributed by atoms with Gasteiger partial charge in [0.25, 0.3) is 5.56 Å². The number of aryl methyl sites for hydroxylation is 1. The predicted molar refractivity (Wildman–Crippen MR) is 95.1 cm³/mol. The minimum Gasteiger partial charge on any atom is -0.349 e. The lowest BCUT2D eigenvalue weighted by atomic mass is 10.1. The van der Waals surface area contributed by atoms with E-state index in [-0.39, 0.29) is 24.1 Å². The largest absolute Gasteiger partial charge is 0.349 e. The summed E-state index contributed by atoms with van der Waals surface area (Å²) in [7, 11) is 0. The van der Waals surface area contributed by atoms with Gasteiger partial charge in [0.05, 0.1) is 29.6 Å². The van der Waals surface area contributed by atoms with Gasteiger partial charge in [0, 0.05) is 12.5 Å². The summed E-state index contributed by atoms with van der Waals surface area (Å²) in [5.74, 6) is 0.778. The maximum atomic E-state index is 12.8. The number of nitrogens with one attached hydrogen (secondary N) is 2.